The molecule has 1 aromatic heterocycles. The zero-order valence-electron chi connectivity index (χ0n) is 21.5. The molecular weight excluding hydrogens is 522 g/mol. The average Bonchev–Trinajstić information content (AvgIpc) is 2.91. The van der Waals surface area contributed by atoms with Crippen molar-refractivity contribution in [1.29, 1.82) is 0 Å². The third-order valence-electron chi connectivity index (χ3n) is 6.96. The number of rotatable bonds is 6. The minimum atomic E-state index is -4.03. The van der Waals surface area contributed by atoms with Gasteiger partial charge in [-0.05, 0) is 73.0 Å². The lowest BCUT2D eigenvalue weighted by molar-refractivity contribution is -0.114. The van der Waals surface area contributed by atoms with Crippen molar-refractivity contribution < 1.29 is 22.7 Å². The fourth-order valence-corrected chi connectivity index (χ4v) is 6.25. The van der Waals surface area contributed by atoms with E-state index in [9.17, 15) is 22.8 Å². The van der Waals surface area contributed by atoms with E-state index in [4.69, 9.17) is 4.74 Å². The van der Waals surface area contributed by atoms with E-state index >= 15 is 0 Å². The summed E-state index contributed by atoms with van der Waals surface area (Å²) < 4.78 is 35.1. The average molecular weight is 552 g/mol. The van der Waals surface area contributed by atoms with Crippen molar-refractivity contribution in [3.05, 3.63) is 76.7 Å². The highest BCUT2D eigenvalue weighted by atomic mass is 32.2. The summed E-state index contributed by atoms with van der Waals surface area (Å²) in [5, 5.41) is 5.50. The minimum absolute atomic E-state index is 0.0332. The Balaban J connectivity index is 1.30. The van der Waals surface area contributed by atoms with Gasteiger partial charge in [-0.25, -0.2) is 13.2 Å². The molecule has 3 N–H and O–H groups in total. The Morgan fingerprint density at radius 2 is 1.56 bits per heavy atom. The van der Waals surface area contributed by atoms with Crippen LogP contribution < -0.4 is 25.7 Å². The maximum Gasteiger partial charge on any atom is 0.321 e. The molecule has 0 saturated carbocycles. The van der Waals surface area contributed by atoms with Crippen molar-refractivity contribution in [2.75, 3.05) is 35.6 Å². The molecule has 0 unspecified atom stereocenters. The summed E-state index contributed by atoms with van der Waals surface area (Å²) in [6.45, 7) is 2.68. The number of ether oxygens (including phenoxy) is 1. The zero-order chi connectivity index (χ0) is 27.7. The summed E-state index contributed by atoms with van der Waals surface area (Å²) in [5.41, 5.74) is 1.44. The third kappa shape index (κ3) is 5.60. The number of pyridine rings is 1. The molecule has 2 aliphatic heterocycles. The van der Waals surface area contributed by atoms with E-state index < -0.39 is 15.6 Å². The fraction of sp³-hybridized carbons (Fsp3) is 0.296. The number of anilines is 3. The molecule has 11 nitrogen and oxygen atoms in total. The molecule has 2 aromatic carbocycles. The van der Waals surface area contributed by atoms with E-state index in [1.807, 2.05) is 0 Å². The SMILES string of the molecule is COc1ccc(NC(=O)N2C[C@@H]3C[C@H](C2)c2ccc(NS(=O)(=O)c4ccc(NC(C)=O)cc4)c(=O)n2C3)cc1. The molecule has 2 atom stereocenters. The molecular formula is C27H29N5O6S. The summed E-state index contributed by atoms with van der Waals surface area (Å²) in [6.07, 6.45) is 0.845. The molecule has 3 aromatic rings. The number of nitrogens with one attached hydrogen (secondary N) is 3. The summed E-state index contributed by atoms with van der Waals surface area (Å²) in [4.78, 5) is 39.2. The van der Waals surface area contributed by atoms with Gasteiger partial charge in [0.25, 0.3) is 15.6 Å². The van der Waals surface area contributed by atoms with Crippen molar-refractivity contribution in [1.82, 2.24) is 9.47 Å². The quantitative estimate of drug-likeness (QED) is 0.430. The summed E-state index contributed by atoms with van der Waals surface area (Å²) >= 11 is 0. The van der Waals surface area contributed by atoms with E-state index in [2.05, 4.69) is 15.4 Å². The van der Waals surface area contributed by atoms with Gasteiger partial charge >= 0.3 is 6.03 Å². The smallest absolute Gasteiger partial charge is 0.321 e. The first-order chi connectivity index (χ1) is 18.6. The molecule has 12 heteroatoms. The molecule has 1 fully saturated rings. The number of sulfonamides is 1. The van der Waals surface area contributed by atoms with Crippen LogP contribution in [0.25, 0.3) is 0 Å². The molecule has 3 heterocycles. The molecule has 3 amide bonds. The Bertz CT molecular complexity index is 1570. The number of hydrogen-bond donors (Lipinski definition) is 3. The molecule has 0 aliphatic carbocycles. The molecule has 2 bridgehead atoms. The largest absolute Gasteiger partial charge is 0.497 e. The molecule has 0 radical (unpaired) electrons. The van der Waals surface area contributed by atoms with Crippen LogP contribution >= 0.6 is 0 Å². The van der Waals surface area contributed by atoms with Crippen molar-refractivity contribution in [3.8, 4) is 5.75 Å². The standard InChI is InChI=1S/C27H29N5O6S/c1-17(33)28-20-5-9-23(10-6-20)39(36,37)30-24-11-12-25-19-13-18(15-32(25)26(24)34)14-31(16-19)27(35)29-21-3-7-22(38-2)8-4-21/h3-12,18-19,30H,13-16H2,1-2H3,(H,28,33)(H,29,35)/t18-,19+/m0/s1. The van der Waals surface area contributed by atoms with Crippen LogP contribution in [0, 0.1) is 5.92 Å². The second-order valence-electron chi connectivity index (χ2n) is 9.76. The van der Waals surface area contributed by atoms with Gasteiger partial charge < -0.3 is 24.8 Å². The van der Waals surface area contributed by atoms with Gasteiger partial charge in [-0.2, -0.15) is 0 Å². The Hall–Kier alpha value is -4.32. The van der Waals surface area contributed by atoms with Crippen molar-refractivity contribution >= 4 is 39.0 Å². The van der Waals surface area contributed by atoms with Crippen molar-refractivity contribution in [2.24, 2.45) is 5.92 Å². The van der Waals surface area contributed by atoms with Gasteiger partial charge in [0, 0.05) is 49.5 Å². The maximum absolute atomic E-state index is 13.3. The summed E-state index contributed by atoms with van der Waals surface area (Å²) in [7, 11) is -2.45. The predicted molar refractivity (Wildman–Crippen MR) is 147 cm³/mol. The second kappa shape index (κ2) is 10.4. The summed E-state index contributed by atoms with van der Waals surface area (Å²) in [5.74, 6) is 0.447. The highest BCUT2D eigenvalue weighted by Gasteiger charge is 2.37. The number of fused-ring (bicyclic) bond motifs is 4. The monoisotopic (exact) mass is 551 g/mol. The number of methoxy groups -OCH3 is 1. The van der Waals surface area contributed by atoms with Gasteiger partial charge in [-0.1, -0.05) is 0 Å². The van der Waals surface area contributed by atoms with Gasteiger partial charge in [0.05, 0.1) is 12.0 Å². The van der Waals surface area contributed by atoms with Crippen LogP contribution in [0.4, 0.5) is 21.9 Å². The first-order valence-corrected chi connectivity index (χ1v) is 14.0. The van der Waals surface area contributed by atoms with E-state index in [1.165, 1.54) is 37.3 Å². The highest BCUT2D eigenvalue weighted by molar-refractivity contribution is 7.92. The lowest BCUT2D eigenvalue weighted by Crippen LogP contribution is -2.50. The number of likely N-dealkylation sites (tertiary alicyclic amines) is 1. The van der Waals surface area contributed by atoms with E-state index in [0.717, 1.165) is 12.1 Å². The number of aromatic nitrogens is 1. The van der Waals surface area contributed by atoms with Crippen LogP contribution in [-0.4, -0.2) is 50.0 Å². The van der Waals surface area contributed by atoms with Gasteiger partial charge in [0.15, 0.2) is 0 Å². The topological polar surface area (TPSA) is 139 Å². The zero-order valence-corrected chi connectivity index (χ0v) is 22.3. The molecule has 204 valence electrons. The number of carbonyl (C=O) groups excluding carboxylic acids is 2. The van der Waals surface area contributed by atoms with Gasteiger partial charge in [-0.15, -0.1) is 0 Å². The third-order valence-corrected chi connectivity index (χ3v) is 8.34. The van der Waals surface area contributed by atoms with E-state index in [-0.39, 0.29) is 34.4 Å². The number of piperidine rings is 1. The Morgan fingerprint density at radius 3 is 2.23 bits per heavy atom. The lowest BCUT2D eigenvalue weighted by Gasteiger charge is -2.42. The highest BCUT2D eigenvalue weighted by Crippen LogP contribution is 2.36. The number of benzene rings is 2. The van der Waals surface area contributed by atoms with Crippen LogP contribution in [0.3, 0.4) is 0 Å². The number of hydrogen-bond acceptors (Lipinski definition) is 6. The minimum Gasteiger partial charge on any atom is -0.497 e. The molecule has 5 rings (SSSR count). The van der Waals surface area contributed by atoms with Gasteiger partial charge in [-0.3, -0.25) is 14.3 Å². The molecule has 39 heavy (non-hydrogen) atoms. The van der Waals surface area contributed by atoms with E-state index in [0.29, 0.717) is 36.8 Å². The van der Waals surface area contributed by atoms with Crippen LogP contribution in [0.15, 0.2) is 70.4 Å². The second-order valence-corrected chi connectivity index (χ2v) is 11.4. The van der Waals surface area contributed by atoms with Crippen molar-refractivity contribution in [3.63, 3.8) is 0 Å². The molecule has 2 aliphatic rings. The van der Waals surface area contributed by atoms with Crippen LogP contribution in [0.2, 0.25) is 0 Å². The Kier molecular flexibility index (Phi) is 7.04. The molecule has 1 saturated heterocycles. The van der Waals surface area contributed by atoms with E-state index in [1.54, 1.807) is 46.9 Å². The number of amides is 3. The van der Waals surface area contributed by atoms with Crippen LogP contribution in [0.1, 0.15) is 25.0 Å². The van der Waals surface area contributed by atoms with Crippen LogP contribution in [0.5, 0.6) is 5.75 Å². The predicted octanol–water partition coefficient (Wildman–Crippen LogP) is 3.27. The number of carbonyl (C=O) groups is 2. The lowest BCUT2D eigenvalue weighted by atomic mass is 9.83. The fourth-order valence-electron chi connectivity index (χ4n) is 5.19. The summed E-state index contributed by atoms with van der Waals surface area (Å²) in [6, 6.07) is 15.8. The molecule has 0 spiro atoms. The normalized spacial score (nSPS) is 18.1. The number of nitrogens with zero attached hydrogens (tertiary/aromatic N) is 2. The van der Waals surface area contributed by atoms with Crippen molar-refractivity contribution in [2.45, 2.75) is 30.7 Å². The first-order valence-electron chi connectivity index (χ1n) is 12.5. The Morgan fingerprint density at radius 1 is 0.897 bits per heavy atom. The van der Waals surface area contributed by atoms with Gasteiger partial charge in [0.2, 0.25) is 5.91 Å². The Labute approximate surface area is 225 Å². The maximum atomic E-state index is 13.3. The number of urea groups is 1. The van der Waals surface area contributed by atoms with Crippen LogP contribution in [-0.2, 0) is 21.4 Å². The van der Waals surface area contributed by atoms with Gasteiger partial charge in [0.1, 0.15) is 11.4 Å². The first kappa shape index (κ1) is 26.3.